The van der Waals surface area contributed by atoms with E-state index in [2.05, 4.69) is 6.58 Å². The third-order valence-electron chi connectivity index (χ3n) is 2.61. The average molecular weight is 261 g/mol. The van der Waals surface area contributed by atoms with E-state index in [9.17, 15) is 12.9 Å². The Hall–Kier alpha value is 1.15. The molecule has 7 heteroatoms. The average Bonchev–Trinajstić information content (AvgIpc) is 2.09. The zero-order valence-corrected chi connectivity index (χ0v) is 13.2. The summed E-state index contributed by atoms with van der Waals surface area (Å²) in [4.78, 5) is 1.77. The maximum Gasteiger partial charge on any atom is 1.00 e. The van der Waals surface area contributed by atoms with Gasteiger partial charge in [0, 0.05) is 12.6 Å². The predicted octanol–water partition coefficient (Wildman–Crippen LogP) is -0.958. The predicted molar refractivity (Wildman–Crippen MR) is 54.7 cm³/mol. The van der Waals surface area contributed by atoms with Crippen LogP contribution in [0.4, 0.5) is 12.9 Å². The SMILES string of the molecule is C=C(CN1CC(C)OCC1C)[B-](F)(F)F.[K+]. The van der Waals surface area contributed by atoms with E-state index in [0.717, 1.165) is 0 Å². The quantitative estimate of drug-likeness (QED) is 0.607. The molecule has 0 aliphatic carbocycles. The van der Waals surface area contributed by atoms with Crippen LogP contribution in [0.3, 0.4) is 0 Å². The van der Waals surface area contributed by atoms with Crippen LogP contribution in [0.5, 0.6) is 0 Å². The molecule has 0 bridgehead atoms. The second-order valence-corrected chi connectivity index (χ2v) is 4.16. The maximum absolute atomic E-state index is 12.3. The first-order chi connectivity index (χ1) is 6.80. The van der Waals surface area contributed by atoms with Crippen molar-refractivity contribution in [3.05, 3.63) is 12.1 Å². The van der Waals surface area contributed by atoms with Crippen LogP contribution in [0.15, 0.2) is 12.1 Å². The van der Waals surface area contributed by atoms with Crippen molar-refractivity contribution in [2.24, 2.45) is 0 Å². The van der Waals surface area contributed by atoms with Crippen molar-refractivity contribution < 1.29 is 69.1 Å². The molecule has 2 unspecified atom stereocenters. The molecule has 0 aromatic rings. The number of halogens is 3. The molecule has 1 heterocycles. The summed E-state index contributed by atoms with van der Waals surface area (Å²) in [7, 11) is 0. The number of morpholine rings is 1. The number of hydrogen-bond donors (Lipinski definition) is 0. The van der Waals surface area contributed by atoms with Crippen LogP contribution in [0.1, 0.15) is 13.8 Å². The molecule has 1 rings (SSSR count). The fourth-order valence-electron chi connectivity index (χ4n) is 1.56. The van der Waals surface area contributed by atoms with E-state index < -0.39 is 12.4 Å². The monoisotopic (exact) mass is 261 g/mol. The van der Waals surface area contributed by atoms with Gasteiger partial charge < -0.3 is 17.7 Å². The van der Waals surface area contributed by atoms with E-state index in [0.29, 0.717) is 13.2 Å². The van der Waals surface area contributed by atoms with E-state index in [1.807, 2.05) is 13.8 Å². The van der Waals surface area contributed by atoms with Crippen molar-refractivity contribution in [2.45, 2.75) is 26.0 Å². The number of ether oxygens (including phenoxy) is 1. The molecule has 0 N–H and O–H groups in total. The van der Waals surface area contributed by atoms with Crippen LogP contribution in [0.25, 0.3) is 0 Å². The van der Waals surface area contributed by atoms with Crippen LogP contribution in [-0.2, 0) is 4.74 Å². The molecule has 1 aliphatic rings. The number of nitrogens with zero attached hydrogens (tertiary/aromatic N) is 1. The van der Waals surface area contributed by atoms with Gasteiger partial charge >= 0.3 is 58.4 Å². The third kappa shape index (κ3) is 5.20. The molecule has 2 nitrogen and oxygen atoms in total. The van der Waals surface area contributed by atoms with Gasteiger partial charge in [-0.15, -0.1) is 12.1 Å². The van der Waals surface area contributed by atoms with Crippen molar-refractivity contribution in [3.63, 3.8) is 0 Å². The van der Waals surface area contributed by atoms with Crippen molar-refractivity contribution >= 4 is 6.98 Å². The minimum Gasteiger partial charge on any atom is -0.445 e. The van der Waals surface area contributed by atoms with Gasteiger partial charge in [0.25, 0.3) is 0 Å². The molecule has 0 spiro atoms. The van der Waals surface area contributed by atoms with Crippen LogP contribution in [-0.4, -0.2) is 43.7 Å². The Bertz CT molecular complexity index is 249. The van der Waals surface area contributed by atoms with Crippen molar-refractivity contribution in [3.8, 4) is 0 Å². The molecule has 0 radical (unpaired) electrons. The molecule has 2 atom stereocenters. The Labute approximate surface area is 137 Å². The molecule has 16 heavy (non-hydrogen) atoms. The van der Waals surface area contributed by atoms with Crippen molar-refractivity contribution in [2.75, 3.05) is 19.7 Å². The Morgan fingerprint density at radius 2 is 2.00 bits per heavy atom. The molecular formula is C9H16BF3KNO. The van der Waals surface area contributed by atoms with E-state index >= 15 is 0 Å². The van der Waals surface area contributed by atoms with Gasteiger partial charge in [0.05, 0.1) is 12.7 Å². The Balaban J connectivity index is 0.00000225. The fraction of sp³-hybridized carbons (Fsp3) is 0.778. The molecule has 1 aliphatic heterocycles. The smallest absolute Gasteiger partial charge is 0.445 e. The van der Waals surface area contributed by atoms with Gasteiger partial charge in [-0.05, 0) is 20.4 Å². The first-order valence-corrected chi connectivity index (χ1v) is 5.04. The van der Waals surface area contributed by atoms with Crippen LogP contribution in [0.2, 0.25) is 0 Å². The van der Waals surface area contributed by atoms with Crippen molar-refractivity contribution in [1.29, 1.82) is 0 Å². The van der Waals surface area contributed by atoms with Crippen LogP contribution < -0.4 is 51.4 Å². The molecule has 1 fully saturated rings. The zero-order valence-electron chi connectivity index (χ0n) is 10.0. The van der Waals surface area contributed by atoms with Gasteiger partial charge in [-0.25, -0.2) is 0 Å². The van der Waals surface area contributed by atoms with Crippen LogP contribution >= 0.6 is 0 Å². The minimum absolute atomic E-state index is 0. The summed E-state index contributed by atoms with van der Waals surface area (Å²) in [6.07, 6.45) is -0.00488. The van der Waals surface area contributed by atoms with E-state index in [1.54, 1.807) is 4.90 Å². The topological polar surface area (TPSA) is 12.5 Å². The Kier molecular flexibility index (Phi) is 7.42. The molecule has 0 aromatic heterocycles. The summed E-state index contributed by atoms with van der Waals surface area (Å²) in [5, 5.41) is 0. The minimum atomic E-state index is -4.91. The first kappa shape index (κ1) is 17.2. The van der Waals surface area contributed by atoms with E-state index in [1.165, 1.54) is 0 Å². The molecule has 0 aromatic carbocycles. The van der Waals surface area contributed by atoms with Crippen LogP contribution in [0, 0.1) is 0 Å². The van der Waals surface area contributed by atoms with Gasteiger partial charge in [-0.3, -0.25) is 4.90 Å². The van der Waals surface area contributed by atoms with Gasteiger partial charge in [-0.2, -0.15) is 0 Å². The van der Waals surface area contributed by atoms with E-state index in [-0.39, 0.29) is 70.1 Å². The standard InChI is InChI=1S/C9H16BF3NO.K/c1-7(10(11,12)13)4-14-5-9(3)15-6-8(14)2;/h8-9H,1,4-6H2,2-3H3;/q-1;+1. The summed E-state index contributed by atoms with van der Waals surface area (Å²) < 4.78 is 42.3. The summed E-state index contributed by atoms with van der Waals surface area (Å²) in [5.41, 5.74) is -0.629. The third-order valence-corrected chi connectivity index (χ3v) is 2.61. The Morgan fingerprint density at radius 3 is 2.50 bits per heavy atom. The number of hydrogen-bond acceptors (Lipinski definition) is 2. The summed E-state index contributed by atoms with van der Waals surface area (Å²) in [6.45, 7) is 2.83. The summed E-state index contributed by atoms with van der Waals surface area (Å²) in [6, 6.07) is 0.0242. The zero-order chi connectivity index (χ0) is 11.6. The number of rotatable bonds is 3. The van der Waals surface area contributed by atoms with Crippen molar-refractivity contribution in [1.82, 2.24) is 4.90 Å². The second kappa shape index (κ2) is 6.92. The molecule has 0 saturated carbocycles. The van der Waals surface area contributed by atoms with Gasteiger partial charge in [0.2, 0.25) is 0 Å². The summed E-state index contributed by atoms with van der Waals surface area (Å²) >= 11 is 0. The largest absolute Gasteiger partial charge is 1.00 e. The molecular weight excluding hydrogens is 245 g/mol. The maximum atomic E-state index is 12.3. The fourth-order valence-corrected chi connectivity index (χ4v) is 1.56. The molecule has 1 saturated heterocycles. The Morgan fingerprint density at radius 1 is 1.44 bits per heavy atom. The van der Waals surface area contributed by atoms with E-state index in [4.69, 9.17) is 4.74 Å². The summed E-state index contributed by atoms with van der Waals surface area (Å²) in [5.74, 6) is 0. The molecule has 88 valence electrons. The molecule has 0 amide bonds. The second-order valence-electron chi connectivity index (χ2n) is 4.16. The van der Waals surface area contributed by atoms with Gasteiger partial charge in [0.1, 0.15) is 0 Å². The normalized spacial score (nSPS) is 27.3. The van der Waals surface area contributed by atoms with Gasteiger partial charge in [0.15, 0.2) is 0 Å². The van der Waals surface area contributed by atoms with Gasteiger partial charge in [-0.1, -0.05) is 0 Å². The first-order valence-electron chi connectivity index (χ1n) is 5.04.